The third kappa shape index (κ3) is 1.48. The van der Waals surface area contributed by atoms with Crippen LogP contribution in [0.5, 0.6) is 0 Å². The molecule has 15 heavy (non-hydrogen) atoms. The van der Waals surface area contributed by atoms with Gasteiger partial charge in [-0.25, -0.2) is 0 Å². The van der Waals surface area contributed by atoms with Gasteiger partial charge in [0, 0.05) is 23.5 Å². The van der Waals surface area contributed by atoms with Gasteiger partial charge in [-0.3, -0.25) is 4.99 Å². The van der Waals surface area contributed by atoms with Gasteiger partial charge in [0.25, 0.3) is 0 Å². The number of fused-ring (bicyclic) bond motifs is 3. The largest absolute Gasteiger partial charge is 0.311 e. The van der Waals surface area contributed by atoms with Crippen LogP contribution in [0, 0.1) is 0 Å². The van der Waals surface area contributed by atoms with Gasteiger partial charge in [0.2, 0.25) is 0 Å². The van der Waals surface area contributed by atoms with E-state index in [4.69, 9.17) is 12.2 Å². The van der Waals surface area contributed by atoms with Gasteiger partial charge in [-0.05, 0) is 12.5 Å². The number of hydrogen-bond acceptors (Lipinski definition) is 3. The van der Waals surface area contributed by atoms with E-state index in [2.05, 4.69) is 28.1 Å². The maximum Gasteiger partial charge on any atom is 0.146 e. The molecule has 0 radical (unpaired) electrons. The van der Waals surface area contributed by atoms with Crippen LogP contribution in [0.1, 0.15) is 12.0 Å². The van der Waals surface area contributed by atoms with Crippen molar-refractivity contribution in [1.29, 1.82) is 0 Å². The molecule has 0 unspecified atom stereocenters. The van der Waals surface area contributed by atoms with Crippen molar-refractivity contribution in [3.8, 4) is 0 Å². The van der Waals surface area contributed by atoms with Crippen molar-refractivity contribution in [3.63, 3.8) is 0 Å². The fourth-order valence-corrected chi connectivity index (χ4v) is 3.24. The Balaban J connectivity index is 2.17. The molecule has 0 aliphatic carbocycles. The Kier molecular flexibility index (Phi) is 2.25. The zero-order valence-corrected chi connectivity index (χ0v) is 9.77. The first-order valence-corrected chi connectivity index (χ1v) is 6.22. The van der Waals surface area contributed by atoms with Crippen LogP contribution in [-0.2, 0) is 0 Å². The maximum absolute atomic E-state index is 5.39. The first-order valence-electron chi connectivity index (χ1n) is 4.99. The molecule has 76 valence electrons. The van der Waals surface area contributed by atoms with E-state index in [0.29, 0.717) is 0 Å². The van der Waals surface area contributed by atoms with E-state index in [0.717, 1.165) is 29.7 Å². The third-order valence-corrected chi connectivity index (χ3v) is 4.04. The van der Waals surface area contributed by atoms with Crippen molar-refractivity contribution >= 4 is 34.1 Å². The molecule has 2 nitrogen and oxygen atoms in total. The summed E-state index contributed by atoms with van der Waals surface area (Å²) in [6, 6.07) is 8.35. The quantitative estimate of drug-likeness (QED) is 0.642. The Bertz CT molecular complexity index is 454. The lowest BCUT2D eigenvalue weighted by atomic mass is 10.1. The number of thioether (sulfide) groups is 1. The second-order valence-electron chi connectivity index (χ2n) is 3.57. The molecular weight excluding hydrogens is 224 g/mol. The Morgan fingerprint density at radius 2 is 2.20 bits per heavy atom. The van der Waals surface area contributed by atoms with Gasteiger partial charge in [0.15, 0.2) is 0 Å². The number of aliphatic imine (C=N–C) groups is 1. The van der Waals surface area contributed by atoms with E-state index in [1.807, 2.05) is 6.07 Å². The molecule has 0 fully saturated rings. The molecule has 0 N–H and O–H groups in total. The van der Waals surface area contributed by atoms with Crippen molar-refractivity contribution in [2.75, 3.05) is 13.1 Å². The Hall–Kier alpha value is -0.870. The van der Waals surface area contributed by atoms with Gasteiger partial charge < -0.3 is 4.90 Å². The molecule has 3 rings (SSSR count). The van der Waals surface area contributed by atoms with Gasteiger partial charge in [-0.1, -0.05) is 42.2 Å². The van der Waals surface area contributed by atoms with Crippen LogP contribution in [0.25, 0.3) is 0 Å². The van der Waals surface area contributed by atoms with Crippen LogP contribution < -0.4 is 0 Å². The molecule has 0 atom stereocenters. The molecule has 2 aliphatic heterocycles. The summed E-state index contributed by atoms with van der Waals surface area (Å²) in [4.78, 5) is 7.98. The standard InChI is InChI=1S/C11H10N2S2/c14-11-13-7-3-6-12-10(13)8-4-1-2-5-9(8)15-11/h1-2,4-5H,3,6-7H2. The molecule has 0 amide bonds. The summed E-state index contributed by atoms with van der Waals surface area (Å²) in [5.41, 5.74) is 1.23. The van der Waals surface area contributed by atoms with Crippen molar-refractivity contribution < 1.29 is 0 Å². The van der Waals surface area contributed by atoms with Crippen LogP contribution in [0.4, 0.5) is 0 Å². The molecule has 0 aromatic heterocycles. The van der Waals surface area contributed by atoms with Gasteiger partial charge in [-0.15, -0.1) is 0 Å². The van der Waals surface area contributed by atoms with Crippen molar-refractivity contribution in [2.45, 2.75) is 11.3 Å². The minimum Gasteiger partial charge on any atom is -0.311 e. The highest BCUT2D eigenvalue weighted by Gasteiger charge is 2.28. The molecule has 2 aliphatic rings. The molecule has 0 saturated heterocycles. The molecular formula is C11H10N2S2. The minimum atomic E-state index is 0.924. The highest BCUT2D eigenvalue weighted by atomic mass is 32.2. The molecule has 1 aromatic carbocycles. The number of benzene rings is 1. The van der Waals surface area contributed by atoms with Crippen LogP contribution >= 0.6 is 24.0 Å². The van der Waals surface area contributed by atoms with E-state index in [-0.39, 0.29) is 0 Å². The summed E-state index contributed by atoms with van der Waals surface area (Å²) < 4.78 is 0.937. The average Bonchev–Trinajstić information content (AvgIpc) is 2.30. The number of thiocarbonyl (C=S) groups is 1. The average molecular weight is 234 g/mol. The van der Waals surface area contributed by atoms with Crippen molar-refractivity contribution in [2.24, 2.45) is 4.99 Å². The van der Waals surface area contributed by atoms with Crippen molar-refractivity contribution in [1.82, 2.24) is 4.90 Å². The molecule has 4 heteroatoms. The van der Waals surface area contributed by atoms with Crippen molar-refractivity contribution in [3.05, 3.63) is 29.8 Å². The maximum atomic E-state index is 5.39. The Morgan fingerprint density at radius 1 is 1.33 bits per heavy atom. The topological polar surface area (TPSA) is 15.6 Å². The number of amidine groups is 1. The fraction of sp³-hybridized carbons (Fsp3) is 0.273. The highest BCUT2D eigenvalue weighted by molar-refractivity contribution is 8.23. The van der Waals surface area contributed by atoms with Crippen LogP contribution in [0.15, 0.2) is 34.2 Å². The number of hydrogen-bond donors (Lipinski definition) is 0. The third-order valence-electron chi connectivity index (χ3n) is 2.60. The summed E-state index contributed by atoms with van der Waals surface area (Å²) >= 11 is 7.06. The Morgan fingerprint density at radius 3 is 3.13 bits per heavy atom. The summed E-state index contributed by atoms with van der Waals surface area (Å²) in [6.07, 6.45) is 1.10. The monoisotopic (exact) mass is 234 g/mol. The second kappa shape index (κ2) is 3.61. The van der Waals surface area contributed by atoms with E-state index in [9.17, 15) is 0 Å². The summed E-state index contributed by atoms with van der Waals surface area (Å²) in [6.45, 7) is 1.94. The van der Waals surface area contributed by atoms with Gasteiger partial charge >= 0.3 is 0 Å². The zero-order valence-electron chi connectivity index (χ0n) is 8.14. The summed E-state index contributed by atoms with van der Waals surface area (Å²) in [5.74, 6) is 1.07. The van der Waals surface area contributed by atoms with E-state index >= 15 is 0 Å². The smallest absolute Gasteiger partial charge is 0.146 e. The van der Waals surface area contributed by atoms with Gasteiger partial charge in [-0.2, -0.15) is 0 Å². The Labute approximate surface area is 98.4 Å². The zero-order chi connectivity index (χ0) is 10.3. The van der Waals surface area contributed by atoms with Crippen LogP contribution in [0.3, 0.4) is 0 Å². The summed E-state index contributed by atoms with van der Waals surface area (Å²) in [5, 5.41) is 0. The van der Waals surface area contributed by atoms with E-state index in [1.165, 1.54) is 10.5 Å². The number of nitrogens with zero attached hydrogens (tertiary/aromatic N) is 2. The first kappa shape index (κ1) is 9.36. The predicted molar refractivity (Wildman–Crippen MR) is 67.6 cm³/mol. The van der Waals surface area contributed by atoms with E-state index < -0.39 is 0 Å². The lowest BCUT2D eigenvalue weighted by Gasteiger charge is -2.33. The minimum absolute atomic E-state index is 0.924. The number of rotatable bonds is 0. The van der Waals surface area contributed by atoms with Gasteiger partial charge in [0.05, 0.1) is 0 Å². The summed E-state index contributed by atoms with van der Waals surface area (Å²) in [7, 11) is 0. The SMILES string of the molecule is S=C1Sc2ccccc2C2=NCCCN12. The second-order valence-corrected chi connectivity index (χ2v) is 5.25. The normalized spacial score (nSPS) is 19.3. The predicted octanol–water partition coefficient (Wildman–Crippen LogP) is 2.53. The fourth-order valence-electron chi connectivity index (χ4n) is 1.90. The molecule has 1 aromatic rings. The molecule has 2 heterocycles. The van der Waals surface area contributed by atoms with Crippen LogP contribution in [-0.4, -0.2) is 28.1 Å². The lowest BCUT2D eigenvalue weighted by molar-refractivity contribution is 0.561. The first-order chi connectivity index (χ1) is 7.36. The molecule has 0 bridgehead atoms. The highest BCUT2D eigenvalue weighted by Crippen LogP contribution is 2.33. The lowest BCUT2D eigenvalue weighted by Crippen LogP contribution is -2.41. The van der Waals surface area contributed by atoms with Crippen LogP contribution in [0.2, 0.25) is 0 Å². The van der Waals surface area contributed by atoms with Gasteiger partial charge in [0.1, 0.15) is 10.2 Å². The van der Waals surface area contributed by atoms with E-state index in [1.54, 1.807) is 11.8 Å². The molecule has 0 saturated carbocycles. The molecule has 0 spiro atoms.